The number of ether oxygens (including phenoxy) is 3. The fourth-order valence-electron chi connectivity index (χ4n) is 3.00. The van der Waals surface area contributed by atoms with Crippen molar-refractivity contribution in [3.63, 3.8) is 0 Å². The molecule has 0 saturated heterocycles. The topological polar surface area (TPSA) is 77.6 Å². The Morgan fingerprint density at radius 2 is 1.70 bits per heavy atom. The first-order valence-corrected chi connectivity index (χ1v) is 9.56. The second-order valence-corrected chi connectivity index (χ2v) is 6.54. The Hall–Kier alpha value is -2.50. The largest absolute Gasteiger partial charge is 0.493 e. The van der Waals surface area contributed by atoms with E-state index < -0.39 is 5.97 Å². The van der Waals surface area contributed by atoms with E-state index in [4.69, 9.17) is 9.47 Å². The quantitative estimate of drug-likeness (QED) is 0.464. The lowest BCUT2D eigenvalue weighted by Crippen LogP contribution is -2.17. The third-order valence-corrected chi connectivity index (χ3v) is 4.58. The van der Waals surface area contributed by atoms with Crippen LogP contribution in [0, 0.1) is 0 Å². The van der Waals surface area contributed by atoms with Gasteiger partial charge in [0.05, 0.1) is 31.7 Å². The molecule has 1 heterocycles. The number of carbonyl (C=O) groups is 1. The molecule has 0 aliphatic rings. The average Bonchev–Trinajstić information content (AvgIpc) is 2.69. The number of aromatic amines is 1. The highest BCUT2D eigenvalue weighted by atomic mass is 16.5. The second-order valence-electron chi connectivity index (χ2n) is 6.54. The minimum Gasteiger partial charge on any atom is -0.493 e. The number of aromatic nitrogens is 1. The molecule has 0 aliphatic carbocycles. The molecule has 27 heavy (non-hydrogen) atoms. The first kappa shape index (κ1) is 20.8. The summed E-state index contributed by atoms with van der Waals surface area (Å²) in [5.74, 6) is 0.384. The minimum atomic E-state index is -0.667. The summed E-state index contributed by atoms with van der Waals surface area (Å²) in [6, 6.07) is 3.33. The van der Waals surface area contributed by atoms with Crippen LogP contribution in [0.1, 0.15) is 62.2 Å². The SMILES string of the molecule is CCCCCCCCCOc1cc2c(=O)c(C(=O)OC)c[nH]c2cc1OC. The minimum absolute atomic E-state index is 0.0341. The zero-order valence-electron chi connectivity index (χ0n) is 16.4. The van der Waals surface area contributed by atoms with E-state index >= 15 is 0 Å². The van der Waals surface area contributed by atoms with Gasteiger partial charge in [0.25, 0.3) is 0 Å². The summed E-state index contributed by atoms with van der Waals surface area (Å²) in [5, 5.41) is 0.369. The number of hydrogen-bond acceptors (Lipinski definition) is 5. The van der Waals surface area contributed by atoms with Gasteiger partial charge in [-0.15, -0.1) is 0 Å². The summed E-state index contributed by atoms with van der Waals surface area (Å²) in [5.41, 5.74) is 0.153. The summed E-state index contributed by atoms with van der Waals surface area (Å²) in [7, 11) is 2.81. The van der Waals surface area contributed by atoms with Crippen LogP contribution in [0.15, 0.2) is 23.1 Å². The maximum absolute atomic E-state index is 12.6. The maximum Gasteiger partial charge on any atom is 0.343 e. The predicted octanol–water partition coefficient (Wildman–Crippen LogP) is 4.45. The zero-order valence-corrected chi connectivity index (χ0v) is 16.4. The number of hydrogen-bond donors (Lipinski definition) is 1. The van der Waals surface area contributed by atoms with Crippen LogP contribution in [0.3, 0.4) is 0 Å². The Morgan fingerprint density at radius 1 is 1.00 bits per heavy atom. The highest BCUT2D eigenvalue weighted by Gasteiger charge is 2.16. The number of esters is 1. The van der Waals surface area contributed by atoms with Crippen molar-refractivity contribution < 1.29 is 19.0 Å². The number of nitrogens with one attached hydrogen (secondary N) is 1. The lowest BCUT2D eigenvalue weighted by molar-refractivity contribution is 0.0599. The first-order valence-electron chi connectivity index (χ1n) is 9.56. The van der Waals surface area contributed by atoms with Crippen LogP contribution in [-0.4, -0.2) is 31.8 Å². The van der Waals surface area contributed by atoms with E-state index in [1.165, 1.54) is 45.4 Å². The van der Waals surface area contributed by atoms with E-state index in [1.54, 1.807) is 19.2 Å². The molecular formula is C21H29NO5. The summed E-state index contributed by atoms with van der Waals surface area (Å²) in [6.07, 6.45) is 9.74. The third kappa shape index (κ3) is 5.49. The van der Waals surface area contributed by atoms with Gasteiger partial charge in [0, 0.05) is 12.3 Å². The van der Waals surface area contributed by atoms with Crippen molar-refractivity contribution in [2.75, 3.05) is 20.8 Å². The van der Waals surface area contributed by atoms with Crippen LogP contribution in [0.2, 0.25) is 0 Å². The Labute approximate surface area is 159 Å². The second kappa shape index (κ2) is 10.6. The molecule has 0 spiro atoms. The Bertz CT molecular complexity index is 812. The summed E-state index contributed by atoms with van der Waals surface area (Å²) >= 11 is 0. The van der Waals surface area contributed by atoms with Gasteiger partial charge in [-0.25, -0.2) is 4.79 Å². The standard InChI is InChI=1S/C21H29NO5/c1-4-5-6-7-8-9-10-11-27-19-12-15-17(13-18(19)25-2)22-14-16(20(15)23)21(24)26-3/h12-14H,4-11H2,1-3H3,(H,22,23). The number of fused-ring (bicyclic) bond motifs is 1. The Kier molecular flexibility index (Phi) is 8.17. The van der Waals surface area contributed by atoms with Crippen molar-refractivity contribution in [2.24, 2.45) is 0 Å². The number of H-pyrrole nitrogens is 1. The van der Waals surface area contributed by atoms with Crippen LogP contribution in [0.4, 0.5) is 0 Å². The molecular weight excluding hydrogens is 346 g/mol. The van der Waals surface area contributed by atoms with Crippen molar-refractivity contribution >= 4 is 16.9 Å². The van der Waals surface area contributed by atoms with Crippen LogP contribution >= 0.6 is 0 Å². The molecule has 0 atom stereocenters. The first-order chi connectivity index (χ1) is 13.1. The zero-order chi connectivity index (χ0) is 19.6. The molecule has 2 aromatic rings. The fraction of sp³-hybridized carbons (Fsp3) is 0.524. The van der Waals surface area contributed by atoms with E-state index in [0.717, 1.165) is 12.8 Å². The highest BCUT2D eigenvalue weighted by molar-refractivity contribution is 5.94. The van der Waals surface area contributed by atoms with Gasteiger partial charge in [-0.1, -0.05) is 45.4 Å². The number of carbonyl (C=O) groups excluding carboxylic acids is 1. The van der Waals surface area contributed by atoms with E-state index in [1.807, 2.05) is 0 Å². The molecule has 1 N–H and O–H groups in total. The van der Waals surface area contributed by atoms with Gasteiger partial charge in [-0.05, 0) is 12.5 Å². The van der Waals surface area contributed by atoms with Gasteiger partial charge >= 0.3 is 5.97 Å². The molecule has 2 rings (SSSR count). The molecule has 6 nitrogen and oxygen atoms in total. The molecule has 0 unspecified atom stereocenters. The van der Waals surface area contributed by atoms with Gasteiger partial charge in [0.15, 0.2) is 11.5 Å². The molecule has 0 radical (unpaired) electrons. The molecule has 0 bridgehead atoms. The van der Waals surface area contributed by atoms with Crippen LogP contribution in [-0.2, 0) is 4.74 Å². The van der Waals surface area contributed by atoms with Gasteiger partial charge in [-0.3, -0.25) is 4.79 Å². The molecule has 0 amide bonds. The summed E-state index contributed by atoms with van der Waals surface area (Å²) in [6.45, 7) is 2.77. The van der Waals surface area contributed by atoms with Crippen molar-refractivity contribution in [1.29, 1.82) is 0 Å². The monoisotopic (exact) mass is 375 g/mol. The van der Waals surface area contributed by atoms with Gasteiger partial charge in [0.1, 0.15) is 5.56 Å². The van der Waals surface area contributed by atoms with Crippen molar-refractivity contribution in [1.82, 2.24) is 4.98 Å². The normalized spacial score (nSPS) is 10.8. The van der Waals surface area contributed by atoms with E-state index in [-0.39, 0.29) is 11.0 Å². The molecule has 0 saturated carbocycles. The van der Waals surface area contributed by atoms with Crippen LogP contribution in [0.25, 0.3) is 10.9 Å². The van der Waals surface area contributed by atoms with Gasteiger partial charge in [0.2, 0.25) is 5.43 Å². The van der Waals surface area contributed by atoms with E-state index in [2.05, 4.69) is 16.6 Å². The molecule has 0 aliphatic heterocycles. The van der Waals surface area contributed by atoms with Crippen molar-refractivity contribution in [2.45, 2.75) is 51.9 Å². The number of methoxy groups -OCH3 is 2. The predicted molar refractivity (Wildman–Crippen MR) is 106 cm³/mol. The highest BCUT2D eigenvalue weighted by Crippen LogP contribution is 2.30. The molecule has 148 valence electrons. The number of unbranched alkanes of at least 4 members (excludes halogenated alkanes) is 6. The van der Waals surface area contributed by atoms with Gasteiger partial charge in [-0.2, -0.15) is 0 Å². The Morgan fingerprint density at radius 3 is 2.37 bits per heavy atom. The van der Waals surface area contributed by atoms with Crippen LogP contribution < -0.4 is 14.9 Å². The number of benzene rings is 1. The van der Waals surface area contributed by atoms with Gasteiger partial charge < -0.3 is 19.2 Å². The number of rotatable bonds is 11. The van der Waals surface area contributed by atoms with Crippen LogP contribution in [0.5, 0.6) is 11.5 Å². The third-order valence-electron chi connectivity index (χ3n) is 4.58. The maximum atomic E-state index is 12.6. The number of pyridine rings is 1. The average molecular weight is 375 g/mol. The Balaban J connectivity index is 2.07. The van der Waals surface area contributed by atoms with Crippen molar-refractivity contribution in [3.05, 3.63) is 34.1 Å². The molecule has 1 aromatic carbocycles. The van der Waals surface area contributed by atoms with E-state index in [9.17, 15) is 9.59 Å². The smallest absolute Gasteiger partial charge is 0.343 e. The summed E-state index contributed by atoms with van der Waals surface area (Å²) in [4.78, 5) is 27.2. The molecule has 0 fully saturated rings. The van der Waals surface area contributed by atoms with E-state index in [0.29, 0.717) is 29.0 Å². The fourth-order valence-corrected chi connectivity index (χ4v) is 3.00. The lowest BCUT2D eigenvalue weighted by Gasteiger charge is -2.12. The lowest BCUT2D eigenvalue weighted by atomic mass is 10.1. The van der Waals surface area contributed by atoms with Crippen molar-refractivity contribution in [3.8, 4) is 11.5 Å². The summed E-state index contributed by atoms with van der Waals surface area (Å²) < 4.78 is 15.9. The molecule has 1 aromatic heterocycles. The molecule has 6 heteroatoms.